The second-order valence-corrected chi connectivity index (χ2v) is 5.12. The van der Waals surface area contributed by atoms with Crippen molar-refractivity contribution in [2.24, 2.45) is 0 Å². The highest BCUT2D eigenvalue weighted by Gasteiger charge is 2.15. The van der Waals surface area contributed by atoms with Crippen LogP contribution < -0.4 is 16.4 Å². The number of H-pyrrole nitrogens is 1. The van der Waals surface area contributed by atoms with Gasteiger partial charge in [0.15, 0.2) is 0 Å². The number of nitrogens with zero attached hydrogens (tertiary/aromatic N) is 2. The minimum Gasteiger partial charge on any atom is -0.379 e. The van der Waals surface area contributed by atoms with E-state index < -0.39 is 11.1 Å². The van der Waals surface area contributed by atoms with Crippen LogP contribution in [-0.2, 0) is 16.1 Å². The first-order valence-electron chi connectivity index (χ1n) is 6.94. The zero-order chi connectivity index (χ0) is 15.2. The fourth-order valence-corrected chi connectivity index (χ4v) is 2.26. The summed E-state index contributed by atoms with van der Waals surface area (Å²) in [6, 6.07) is 2.24. The summed E-state index contributed by atoms with van der Waals surface area (Å²) in [6.45, 7) is 5.57. The van der Waals surface area contributed by atoms with Gasteiger partial charge in [0.05, 0.1) is 13.2 Å². The quantitative estimate of drug-likeness (QED) is 0.680. The van der Waals surface area contributed by atoms with Gasteiger partial charge in [-0.2, -0.15) is 0 Å². The maximum Gasteiger partial charge on any atom is 0.265 e. The molecule has 2 heterocycles. The second kappa shape index (κ2) is 7.19. The van der Waals surface area contributed by atoms with E-state index in [-0.39, 0.29) is 18.5 Å². The number of morpholine rings is 1. The number of hydrogen-bond donors (Lipinski definition) is 2. The molecule has 116 valence electrons. The Labute approximate surface area is 121 Å². The van der Waals surface area contributed by atoms with Crippen molar-refractivity contribution < 1.29 is 9.53 Å². The SMILES string of the molecule is CC(CN1CCOCC1)NC(=O)Cn1[nH]c(=O)ccc1=O. The average Bonchev–Trinajstić information content (AvgIpc) is 2.43. The number of amides is 1. The number of carbonyl (C=O) groups is 1. The molecule has 1 aromatic heterocycles. The van der Waals surface area contributed by atoms with Gasteiger partial charge in [0.2, 0.25) is 5.91 Å². The number of aromatic nitrogens is 2. The fraction of sp³-hybridized carbons (Fsp3) is 0.615. The highest BCUT2D eigenvalue weighted by Crippen LogP contribution is 1.98. The van der Waals surface area contributed by atoms with Crippen molar-refractivity contribution in [3.05, 3.63) is 32.8 Å². The first-order valence-corrected chi connectivity index (χ1v) is 6.94. The molecule has 0 aliphatic carbocycles. The number of carbonyl (C=O) groups excluding carboxylic acids is 1. The first-order chi connectivity index (χ1) is 10.0. The van der Waals surface area contributed by atoms with Crippen molar-refractivity contribution in [1.82, 2.24) is 20.0 Å². The largest absolute Gasteiger partial charge is 0.379 e. The summed E-state index contributed by atoms with van der Waals surface area (Å²) in [5, 5.41) is 5.14. The lowest BCUT2D eigenvalue weighted by Crippen LogP contribution is -2.47. The van der Waals surface area contributed by atoms with Crippen LogP contribution in [0.15, 0.2) is 21.7 Å². The topological polar surface area (TPSA) is 96.4 Å². The van der Waals surface area contributed by atoms with E-state index in [4.69, 9.17) is 4.74 Å². The Morgan fingerprint density at radius 3 is 2.81 bits per heavy atom. The second-order valence-electron chi connectivity index (χ2n) is 5.12. The van der Waals surface area contributed by atoms with Crippen LogP contribution in [0, 0.1) is 0 Å². The van der Waals surface area contributed by atoms with E-state index in [9.17, 15) is 14.4 Å². The smallest absolute Gasteiger partial charge is 0.265 e. The van der Waals surface area contributed by atoms with E-state index in [2.05, 4.69) is 15.3 Å². The summed E-state index contributed by atoms with van der Waals surface area (Å²) in [4.78, 5) is 36.7. The van der Waals surface area contributed by atoms with Crippen LogP contribution in [0.5, 0.6) is 0 Å². The lowest BCUT2D eigenvalue weighted by molar-refractivity contribution is -0.122. The molecule has 1 aromatic rings. The van der Waals surface area contributed by atoms with Gasteiger partial charge in [-0.15, -0.1) is 0 Å². The zero-order valence-corrected chi connectivity index (χ0v) is 12.0. The summed E-state index contributed by atoms with van der Waals surface area (Å²) < 4.78 is 6.26. The molecule has 2 rings (SSSR count). The third-order valence-corrected chi connectivity index (χ3v) is 3.23. The summed E-state index contributed by atoms with van der Waals surface area (Å²) in [7, 11) is 0. The van der Waals surface area contributed by atoms with Gasteiger partial charge in [-0.3, -0.25) is 24.4 Å². The maximum absolute atomic E-state index is 11.9. The molecule has 1 aliphatic heterocycles. The minimum absolute atomic E-state index is 0.0401. The van der Waals surface area contributed by atoms with E-state index in [1.165, 1.54) is 0 Å². The van der Waals surface area contributed by atoms with Crippen LogP contribution in [0.3, 0.4) is 0 Å². The lowest BCUT2D eigenvalue weighted by atomic mass is 10.3. The van der Waals surface area contributed by atoms with Crippen LogP contribution in [0.1, 0.15) is 6.92 Å². The Hall–Kier alpha value is -1.93. The fourth-order valence-electron chi connectivity index (χ4n) is 2.26. The Kier molecular flexibility index (Phi) is 5.29. The van der Waals surface area contributed by atoms with Crippen LogP contribution in [0.25, 0.3) is 0 Å². The predicted octanol–water partition coefficient (Wildman–Crippen LogP) is -1.63. The molecule has 1 unspecified atom stereocenters. The molecular weight excluding hydrogens is 276 g/mol. The summed E-state index contributed by atoms with van der Waals surface area (Å²) in [5.74, 6) is -0.306. The molecule has 0 spiro atoms. The molecule has 0 bridgehead atoms. The van der Waals surface area contributed by atoms with Gasteiger partial charge in [0.1, 0.15) is 6.54 Å². The molecule has 21 heavy (non-hydrogen) atoms. The van der Waals surface area contributed by atoms with Crippen molar-refractivity contribution in [2.75, 3.05) is 32.8 Å². The molecule has 0 saturated carbocycles. The molecule has 0 aromatic carbocycles. The number of ether oxygens (including phenoxy) is 1. The van der Waals surface area contributed by atoms with Crippen molar-refractivity contribution >= 4 is 5.91 Å². The zero-order valence-electron chi connectivity index (χ0n) is 12.0. The molecule has 1 saturated heterocycles. The molecule has 1 fully saturated rings. The first kappa shape index (κ1) is 15.5. The van der Waals surface area contributed by atoms with Crippen LogP contribution in [0.4, 0.5) is 0 Å². The van der Waals surface area contributed by atoms with Gasteiger partial charge in [-0.05, 0) is 6.92 Å². The van der Waals surface area contributed by atoms with Crippen molar-refractivity contribution in [1.29, 1.82) is 0 Å². The Bertz CT molecular complexity index is 588. The van der Waals surface area contributed by atoms with Gasteiger partial charge in [0, 0.05) is 37.8 Å². The average molecular weight is 296 g/mol. The van der Waals surface area contributed by atoms with Gasteiger partial charge < -0.3 is 10.1 Å². The van der Waals surface area contributed by atoms with E-state index in [1.807, 2.05) is 6.92 Å². The monoisotopic (exact) mass is 296 g/mol. The van der Waals surface area contributed by atoms with Gasteiger partial charge >= 0.3 is 0 Å². The van der Waals surface area contributed by atoms with E-state index >= 15 is 0 Å². The van der Waals surface area contributed by atoms with Crippen LogP contribution in [-0.4, -0.2) is 59.5 Å². The van der Waals surface area contributed by atoms with Crippen molar-refractivity contribution in [3.63, 3.8) is 0 Å². The lowest BCUT2D eigenvalue weighted by Gasteiger charge is -2.29. The molecular formula is C13H20N4O4. The third-order valence-electron chi connectivity index (χ3n) is 3.23. The molecule has 1 aliphatic rings. The van der Waals surface area contributed by atoms with Crippen molar-refractivity contribution in [3.8, 4) is 0 Å². The highest BCUT2D eigenvalue weighted by molar-refractivity contribution is 5.75. The Morgan fingerprint density at radius 2 is 2.10 bits per heavy atom. The van der Waals surface area contributed by atoms with E-state index in [0.717, 1.165) is 36.4 Å². The Morgan fingerprint density at radius 1 is 1.38 bits per heavy atom. The number of rotatable bonds is 5. The maximum atomic E-state index is 11.9. The standard InChI is InChI=1S/C13H20N4O4/c1-10(8-16-4-6-21-7-5-16)14-12(19)9-17-13(20)3-2-11(18)15-17/h2-3,10H,4-9H2,1H3,(H,14,19)(H,15,18). The van der Waals surface area contributed by atoms with E-state index in [1.54, 1.807) is 0 Å². The van der Waals surface area contributed by atoms with Gasteiger partial charge in [-0.25, -0.2) is 4.68 Å². The van der Waals surface area contributed by atoms with Crippen molar-refractivity contribution in [2.45, 2.75) is 19.5 Å². The third kappa shape index (κ3) is 4.83. The van der Waals surface area contributed by atoms with Crippen LogP contribution >= 0.6 is 0 Å². The molecule has 1 atom stereocenters. The summed E-state index contributed by atoms with van der Waals surface area (Å²) in [5.41, 5.74) is -0.825. The molecule has 0 radical (unpaired) electrons. The number of hydrogen-bond acceptors (Lipinski definition) is 5. The van der Waals surface area contributed by atoms with Crippen LogP contribution in [0.2, 0.25) is 0 Å². The summed E-state index contributed by atoms with van der Waals surface area (Å²) in [6.07, 6.45) is 0. The molecule has 1 amide bonds. The van der Waals surface area contributed by atoms with E-state index in [0.29, 0.717) is 13.2 Å². The Balaban J connectivity index is 1.84. The number of nitrogens with one attached hydrogen (secondary N) is 2. The summed E-state index contributed by atoms with van der Waals surface area (Å²) >= 11 is 0. The molecule has 8 nitrogen and oxygen atoms in total. The predicted molar refractivity (Wildman–Crippen MR) is 76.2 cm³/mol. The molecule has 8 heteroatoms. The van der Waals surface area contributed by atoms with Gasteiger partial charge in [0.25, 0.3) is 11.1 Å². The van der Waals surface area contributed by atoms with Gasteiger partial charge in [-0.1, -0.05) is 0 Å². The minimum atomic E-state index is -0.413. The highest BCUT2D eigenvalue weighted by atomic mass is 16.5. The number of aromatic amines is 1. The molecule has 2 N–H and O–H groups in total. The normalized spacial score (nSPS) is 17.4.